The quantitative estimate of drug-likeness (QED) is 0.784. The van der Waals surface area contributed by atoms with Gasteiger partial charge in [-0.3, -0.25) is 4.79 Å². The molecule has 1 unspecified atom stereocenters. The Bertz CT molecular complexity index is 420. The summed E-state index contributed by atoms with van der Waals surface area (Å²) >= 11 is 1.63. The highest BCUT2D eigenvalue weighted by Crippen LogP contribution is 2.24. The fourth-order valence-electron chi connectivity index (χ4n) is 2.09. The van der Waals surface area contributed by atoms with Crippen LogP contribution >= 0.6 is 11.8 Å². The molecule has 19 heavy (non-hydrogen) atoms. The lowest BCUT2D eigenvalue weighted by molar-refractivity contribution is -0.115. The molecule has 104 valence electrons. The molecule has 0 bridgehead atoms. The molecule has 0 aliphatic carbocycles. The van der Waals surface area contributed by atoms with E-state index in [-0.39, 0.29) is 12.0 Å². The van der Waals surface area contributed by atoms with Gasteiger partial charge in [0, 0.05) is 18.0 Å². The number of hydrogen-bond acceptors (Lipinski definition) is 4. The maximum Gasteiger partial charge on any atom is 0.238 e. The highest BCUT2D eigenvalue weighted by atomic mass is 32.2. The Morgan fingerprint density at radius 3 is 3.05 bits per heavy atom. The van der Waals surface area contributed by atoms with Gasteiger partial charge in [0.1, 0.15) is 0 Å². The Morgan fingerprint density at radius 1 is 1.47 bits per heavy atom. The summed E-state index contributed by atoms with van der Waals surface area (Å²) in [7, 11) is 0. The van der Waals surface area contributed by atoms with Crippen LogP contribution in [0.1, 0.15) is 12.8 Å². The molecule has 2 N–H and O–H groups in total. The number of nitrogens with one attached hydrogen (secondary N) is 2. The van der Waals surface area contributed by atoms with Crippen molar-refractivity contribution in [2.75, 3.05) is 31.3 Å². The molecule has 0 saturated carbocycles. The van der Waals surface area contributed by atoms with E-state index in [1.165, 1.54) is 0 Å². The van der Waals surface area contributed by atoms with E-state index in [0.29, 0.717) is 6.54 Å². The van der Waals surface area contributed by atoms with Crippen LogP contribution < -0.4 is 10.6 Å². The van der Waals surface area contributed by atoms with Crippen molar-refractivity contribution in [3.05, 3.63) is 24.3 Å². The number of anilines is 1. The zero-order valence-corrected chi connectivity index (χ0v) is 12.0. The molecule has 1 aliphatic rings. The van der Waals surface area contributed by atoms with Crippen molar-refractivity contribution in [2.45, 2.75) is 23.8 Å². The number of para-hydroxylation sites is 1. The van der Waals surface area contributed by atoms with Crippen molar-refractivity contribution in [1.29, 1.82) is 0 Å². The Hall–Kier alpha value is -1.04. The largest absolute Gasteiger partial charge is 0.377 e. The number of thioether (sulfide) groups is 1. The topological polar surface area (TPSA) is 50.4 Å². The summed E-state index contributed by atoms with van der Waals surface area (Å²) in [4.78, 5) is 12.9. The minimum atomic E-state index is -0.0144. The van der Waals surface area contributed by atoms with E-state index in [0.717, 1.165) is 36.6 Å². The highest BCUT2D eigenvalue weighted by molar-refractivity contribution is 7.98. The van der Waals surface area contributed by atoms with Crippen LogP contribution in [-0.2, 0) is 9.53 Å². The molecule has 1 aliphatic heterocycles. The van der Waals surface area contributed by atoms with Crippen LogP contribution in [0.15, 0.2) is 29.2 Å². The number of amides is 1. The van der Waals surface area contributed by atoms with Crippen LogP contribution in [0.25, 0.3) is 0 Å². The van der Waals surface area contributed by atoms with Gasteiger partial charge in [-0.1, -0.05) is 12.1 Å². The molecule has 1 aromatic rings. The van der Waals surface area contributed by atoms with Crippen LogP contribution in [0.5, 0.6) is 0 Å². The second kappa shape index (κ2) is 7.53. The average molecular weight is 280 g/mol. The third-order valence-electron chi connectivity index (χ3n) is 3.06. The fourth-order valence-corrected chi connectivity index (χ4v) is 2.65. The summed E-state index contributed by atoms with van der Waals surface area (Å²) in [6.07, 6.45) is 4.48. The van der Waals surface area contributed by atoms with E-state index in [4.69, 9.17) is 4.74 Å². The van der Waals surface area contributed by atoms with E-state index in [2.05, 4.69) is 10.6 Å². The number of hydrogen-bond donors (Lipinski definition) is 2. The molecular formula is C14H20N2O2S. The number of ether oxygens (including phenoxy) is 1. The zero-order valence-electron chi connectivity index (χ0n) is 11.1. The van der Waals surface area contributed by atoms with Gasteiger partial charge in [-0.2, -0.15) is 0 Å². The lowest BCUT2D eigenvalue weighted by atomic mass is 10.2. The maximum absolute atomic E-state index is 11.8. The first-order valence-corrected chi connectivity index (χ1v) is 7.77. The Balaban J connectivity index is 1.74. The maximum atomic E-state index is 11.8. The van der Waals surface area contributed by atoms with E-state index >= 15 is 0 Å². The van der Waals surface area contributed by atoms with Gasteiger partial charge in [-0.25, -0.2) is 0 Å². The van der Waals surface area contributed by atoms with E-state index in [1.807, 2.05) is 30.5 Å². The van der Waals surface area contributed by atoms with Crippen LogP contribution in [0.4, 0.5) is 5.69 Å². The molecule has 1 fully saturated rings. The monoisotopic (exact) mass is 280 g/mol. The molecule has 1 heterocycles. The van der Waals surface area contributed by atoms with Gasteiger partial charge in [0.15, 0.2) is 0 Å². The van der Waals surface area contributed by atoms with E-state index in [1.54, 1.807) is 11.8 Å². The van der Waals surface area contributed by atoms with Gasteiger partial charge in [0.25, 0.3) is 0 Å². The summed E-state index contributed by atoms with van der Waals surface area (Å²) in [5.74, 6) is -0.0144. The van der Waals surface area contributed by atoms with Gasteiger partial charge in [-0.15, -0.1) is 11.8 Å². The molecule has 0 radical (unpaired) electrons. The van der Waals surface area contributed by atoms with Gasteiger partial charge >= 0.3 is 0 Å². The number of benzene rings is 1. The smallest absolute Gasteiger partial charge is 0.238 e. The zero-order chi connectivity index (χ0) is 13.5. The van der Waals surface area contributed by atoms with Gasteiger partial charge in [0.05, 0.1) is 18.3 Å². The van der Waals surface area contributed by atoms with Crippen LogP contribution in [-0.4, -0.2) is 38.0 Å². The molecule has 1 saturated heterocycles. The number of carbonyl (C=O) groups excluding carboxylic acids is 1. The van der Waals surface area contributed by atoms with Crippen molar-refractivity contribution >= 4 is 23.4 Å². The van der Waals surface area contributed by atoms with Crippen molar-refractivity contribution in [3.63, 3.8) is 0 Å². The third-order valence-corrected chi connectivity index (χ3v) is 3.86. The fraction of sp³-hybridized carbons (Fsp3) is 0.500. The molecule has 0 spiro atoms. The molecular weight excluding hydrogens is 260 g/mol. The third kappa shape index (κ3) is 4.53. The average Bonchev–Trinajstić information content (AvgIpc) is 2.92. The lowest BCUT2D eigenvalue weighted by Gasteiger charge is -2.12. The van der Waals surface area contributed by atoms with Crippen molar-refractivity contribution in [2.24, 2.45) is 0 Å². The SMILES string of the molecule is CSc1ccccc1NC(=O)CNCC1CCCO1. The number of rotatable bonds is 6. The number of carbonyl (C=O) groups is 1. The second-order valence-corrected chi connectivity index (χ2v) is 5.36. The predicted molar refractivity (Wildman–Crippen MR) is 78.7 cm³/mol. The molecule has 1 atom stereocenters. The van der Waals surface area contributed by atoms with Crippen molar-refractivity contribution in [3.8, 4) is 0 Å². The lowest BCUT2D eigenvalue weighted by Crippen LogP contribution is -2.33. The first-order chi connectivity index (χ1) is 9.29. The highest BCUT2D eigenvalue weighted by Gasteiger charge is 2.15. The molecule has 1 aromatic carbocycles. The van der Waals surface area contributed by atoms with Crippen LogP contribution in [0.3, 0.4) is 0 Å². The summed E-state index contributed by atoms with van der Waals surface area (Å²) < 4.78 is 5.49. The molecule has 1 amide bonds. The molecule has 2 rings (SSSR count). The van der Waals surface area contributed by atoms with Crippen molar-refractivity contribution in [1.82, 2.24) is 5.32 Å². The van der Waals surface area contributed by atoms with Crippen LogP contribution in [0.2, 0.25) is 0 Å². The second-order valence-electron chi connectivity index (χ2n) is 4.51. The first kappa shape index (κ1) is 14.4. The summed E-state index contributed by atoms with van der Waals surface area (Å²) in [6, 6.07) is 7.82. The summed E-state index contributed by atoms with van der Waals surface area (Å²) in [5.41, 5.74) is 0.874. The Kier molecular flexibility index (Phi) is 5.69. The normalized spacial score (nSPS) is 18.5. The Labute approximate surface area is 118 Å². The Morgan fingerprint density at radius 2 is 2.32 bits per heavy atom. The van der Waals surface area contributed by atoms with Gasteiger partial charge in [-0.05, 0) is 31.2 Å². The summed E-state index contributed by atoms with van der Waals surface area (Å²) in [5, 5.41) is 6.06. The molecule has 4 nitrogen and oxygen atoms in total. The first-order valence-electron chi connectivity index (χ1n) is 6.55. The molecule has 0 aromatic heterocycles. The predicted octanol–water partition coefficient (Wildman–Crippen LogP) is 2.12. The van der Waals surface area contributed by atoms with E-state index < -0.39 is 0 Å². The van der Waals surface area contributed by atoms with Gasteiger partial charge in [0.2, 0.25) is 5.91 Å². The minimum Gasteiger partial charge on any atom is -0.377 e. The standard InChI is InChI=1S/C14H20N2O2S/c1-19-13-7-3-2-6-12(13)16-14(17)10-15-9-11-5-4-8-18-11/h2-3,6-7,11,15H,4-5,8-10H2,1H3,(H,16,17). The molecule has 5 heteroatoms. The van der Waals surface area contributed by atoms with Crippen molar-refractivity contribution < 1.29 is 9.53 Å². The van der Waals surface area contributed by atoms with Crippen LogP contribution in [0, 0.1) is 0 Å². The summed E-state index contributed by atoms with van der Waals surface area (Å²) in [6.45, 7) is 1.92. The van der Waals surface area contributed by atoms with Gasteiger partial charge < -0.3 is 15.4 Å². The van der Waals surface area contributed by atoms with E-state index in [9.17, 15) is 4.79 Å². The minimum absolute atomic E-state index is 0.0144.